The van der Waals surface area contributed by atoms with Crippen LogP contribution in [0.4, 0.5) is 0 Å². The van der Waals surface area contributed by atoms with Crippen molar-refractivity contribution >= 4 is 11.3 Å². The maximum absolute atomic E-state index is 5.75. The van der Waals surface area contributed by atoms with Crippen molar-refractivity contribution in [1.82, 2.24) is 9.88 Å². The Morgan fingerprint density at radius 3 is 2.93 bits per heavy atom. The lowest BCUT2D eigenvalue weighted by Crippen LogP contribution is -2.31. The van der Waals surface area contributed by atoms with Crippen molar-refractivity contribution in [2.75, 3.05) is 20.1 Å². The molecule has 78 valence electrons. The highest BCUT2D eigenvalue weighted by atomic mass is 32.1. The van der Waals surface area contributed by atoms with Gasteiger partial charge in [0.15, 0.2) is 0 Å². The molecule has 1 aromatic rings. The number of aromatic nitrogens is 1. The van der Waals surface area contributed by atoms with Crippen LogP contribution in [0.1, 0.15) is 18.5 Å². The maximum Gasteiger partial charge on any atom is 0.0795 e. The lowest BCUT2D eigenvalue weighted by atomic mass is 10.1. The third-order valence-electron chi connectivity index (χ3n) is 2.91. The van der Waals surface area contributed by atoms with E-state index in [2.05, 4.69) is 22.3 Å². The molecular weight excluding hydrogens is 194 g/mol. The van der Waals surface area contributed by atoms with Crippen LogP contribution in [0.2, 0.25) is 0 Å². The molecule has 4 heteroatoms. The largest absolute Gasteiger partial charge is 0.330 e. The van der Waals surface area contributed by atoms with Crippen molar-refractivity contribution in [3.05, 3.63) is 16.6 Å². The van der Waals surface area contributed by atoms with Gasteiger partial charge in [-0.15, -0.1) is 11.3 Å². The standard InChI is InChI=1S/C10H17N3S/c1-13(4-9-5-14-8-12-9)7-10(6-11)2-3-10/h5,8H,2-4,6-7,11H2,1H3. The predicted octanol–water partition coefficient (Wildman–Crippen LogP) is 1.31. The van der Waals surface area contributed by atoms with E-state index in [4.69, 9.17) is 5.73 Å². The van der Waals surface area contributed by atoms with Gasteiger partial charge in [0, 0.05) is 18.5 Å². The molecular formula is C10H17N3S. The molecule has 1 saturated carbocycles. The lowest BCUT2D eigenvalue weighted by molar-refractivity contribution is 0.257. The average molecular weight is 211 g/mol. The van der Waals surface area contributed by atoms with Gasteiger partial charge in [-0.05, 0) is 31.8 Å². The third-order valence-corrected chi connectivity index (χ3v) is 3.55. The number of hydrogen-bond donors (Lipinski definition) is 1. The zero-order valence-corrected chi connectivity index (χ0v) is 9.39. The van der Waals surface area contributed by atoms with Gasteiger partial charge < -0.3 is 5.73 Å². The van der Waals surface area contributed by atoms with Crippen LogP contribution in [0.5, 0.6) is 0 Å². The van der Waals surface area contributed by atoms with Gasteiger partial charge in [0.05, 0.1) is 11.2 Å². The van der Waals surface area contributed by atoms with Gasteiger partial charge in [-0.3, -0.25) is 4.90 Å². The van der Waals surface area contributed by atoms with Gasteiger partial charge in [-0.25, -0.2) is 4.98 Å². The van der Waals surface area contributed by atoms with E-state index in [9.17, 15) is 0 Å². The zero-order valence-electron chi connectivity index (χ0n) is 8.57. The molecule has 0 aliphatic heterocycles. The molecule has 1 heterocycles. The highest BCUT2D eigenvalue weighted by Crippen LogP contribution is 2.44. The van der Waals surface area contributed by atoms with Crippen molar-refractivity contribution in [1.29, 1.82) is 0 Å². The fourth-order valence-electron chi connectivity index (χ4n) is 1.82. The SMILES string of the molecule is CN(Cc1cscn1)CC1(CN)CC1. The number of rotatable bonds is 5. The Kier molecular flexibility index (Phi) is 2.85. The van der Waals surface area contributed by atoms with Gasteiger partial charge in [-0.1, -0.05) is 0 Å². The molecule has 3 nitrogen and oxygen atoms in total. The van der Waals surface area contributed by atoms with Crippen LogP contribution >= 0.6 is 11.3 Å². The maximum atomic E-state index is 5.75. The second-order valence-electron chi connectivity index (χ2n) is 4.36. The molecule has 1 aliphatic carbocycles. The van der Waals surface area contributed by atoms with Crippen molar-refractivity contribution in [3.8, 4) is 0 Å². The average Bonchev–Trinajstić information content (AvgIpc) is 2.74. The fraction of sp³-hybridized carbons (Fsp3) is 0.700. The Bertz CT molecular complexity index is 280. The first kappa shape index (κ1) is 10.1. The topological polar surface area (TPSA) is 42.2 Å². The summed E-state index contributed by atoms with van der Waals surface area (Å²) in [6.45, 7) is 2.89. The highest BCUT2D eigenvalue weighted by Gasteiger charge is 2.41. The smallest absolute Gasteiger partial charge is 0.0795 e. The van der Waals surface area contributed by atoms with E-state index in [1.165, 1.54) is 18.5 Å². The summed E-state index contributed by atoms with van der Waals surface area (Å²) in [6, 6.07) is 0. The van der Waals surface area contributed by atoms with E-state index in [1.807, 2.05) is 5.51 Å². The summed E-state index contributed by atoms with van der Waals surface area (Å²) >= 11 is 1.66. The first-order valence-corrected chi connectivity index (χ1v) is 5.94. The molecule has 2 rings (SSSR count). The third kappa shape index (κ3) is 2.32. The second kappa shape index (κ2) is 3.96. The second-order valence-corrected chi connectivity index (χ2v) is 5.07. The molecule has 0 saturated heterocycles. The van der Waals surface area contributed by atoms with E-state index in [-0.39, 0.29) is 0 Å². The summed E-state index contributed by atoms with van der Waals surface area (Å²) in [5.41, 5.74) is 9.25. The first-order valence-electron chi connectivity index (χ1n) is 5.00. The molecule has 0 atom stereocenters. The van der Waals surface area contributed by atoms with Gasteiger partial charge in [0.2, 0.25) is 0 Å². The fourth-order valence-corrected chi connectivity index (χ4v) is 2.37. The molecule has 2 N–H and O–H groups in total. The zero-order chi connectivity index (χ0) is 10.0. The van der Waals surface area contributed by atoms with E-state index in [0.717, 1.165) is 19.6 Å². The van der Waals surface area contributed by atoms with E-state index in [1.54, 1.807) is 11.3 Å². The minimum Gasteiger partial charge on any atom is -0.330 e. The molecule has 0 aromatic carbocycles. The van der Waals surface area contributed by atoms with Gasteiger partial charge in [-0.2, -0.15) is 0 Å². The van der Waals surface area contributed by atoms with Crippen LogP contribution in [-0.2, 0) is 6.54 Å². The Morgan fingerprint density at radius 2 is 2.43 bits per heavy atom. The van der Waals surface area contributed by atoms with Crippen molar-refractivity contribution in [3.63, 3.8) is 0 Å². The summed E-state index contributed by atoms with van der Waals surface area (Å²) < 4.78 is 0. The van der Waals surface area contributed by atoms with Crippen molar-refractivity contribution in [2.45, 2.75) is 19.4 Å². The monoisotopic (exact) mass is 211 g/mol. The van der Waals surface area contributed by atoms with Crippen LogP contribution in [0.3, 0.4) is 0 Å². The Balaban J connectivity index is 1.82. The van der Waals surface area contributed by atoms with Crippen molar-refractivity contribution in [2.24, 2.45) is 11.1 Å². The molecule has 0 amide bonds. The molecule has 0 spiro atoms. The van der Waals surface area contributed by atoms with Crippen LogP contribution < -0.4 is 5.73 Å². The van der Waals surface area contributed by atoms with Gasteiger partial charge in [0.1, 0.15) is 0 Å². The molecule has 0 bridgehead atoms. The van der Waals surface area contributed by atoms with E-state index >= 15 is 0 Å². The number of nitrogens with zero attached hydrogens (tertiary/aromatic N) is 2. The number of nitrogens with two attached hydrogens (primary N) is 1. The summed E-state index contributed by atoms with van der Waals surface area (Å²) in [5, 5.41) is 2.11. The molecule has 1 aliphatic rings. The summed E-state index contributed by atoms with van der Waals surface area (Å²) in [6.07, 6.45) is 2.59. The van der Waals surface area contributed by atoms with E-state index in [0.29, 0.717) is 5.41 Å². The highest BCUT2D eigenvalue weighted by molar-refractivity contribution is 7.07. The summed E-state index contributed by atoms with van der Waals surface area (Å²) in [5.74, 6) is 0. The van der Waals surface area contributed by atoms with Gasteiger partial charge >= 0.3 is 0 Å². The van der Waals surface area contributed by atoms with E-state index < -0.39 is 0 Å². The van der Waals surface area contributed by atoms with Crippen LogP contribution in [0, 0.1) is 5.41 Å². The number of hydrogen-bond acceptors (Lipinski definition) is 4. The minimum absolute atomic E-state index is 0.435. The normalized spacial score (nSPS) is 18.8. The van der Waals surface area contributed by atoms with Crippen molar-refractivity contribution < 1.29 is 0 Å². The molecule has 0 radical (unpaired) electrons. The first-order chi connectivity index (χ1) is 6.74. The molecule has 14 heavy (non-hydrogen) atoms. The number of thiazole rings is 1. The van der Waals surface area contributed by atoms with Crippen LogP contribution in [0.25, 0.3) is 0 Å². The quantitative estimate of drug-likeness (QED) is 0.798. The molecule has 1 fully saturated rings. The Labute approximate surface area is 88.9 Å². The van der Waals surface area contributed by atoms with Gasteiger partial charge in [0.25, 0.3) is 0 Å². The Morgan fingerprint density at radius 1 is 1.64 bits per heavy atom. The lowest BCUT2D eigenvalue weighted by Gasteiger charge is -2.21. The molecule has 0 unspecified atom stereocenters. The molecule has 1 aromatic heterocycles. The van der Waals surface area contributed by atoms with Crippen LogP contribution in [0.15, 0.2) is 10.9 Å². The predicted molar refractivity (Wildman–Crippen MR) is 59.2 cm³/mol. The van der Waals surface area contributed by atoms with Crippen LogP contribution in [-0.4, -0.2) is 30.0 Å². The minimum atomic E-state index is 0.435. The summed E-state index contributed by atoms with van der Waals surface area (Å²) in [7, 11) is 2.15. The Hall–Kier alpha value is -0.450. The summed E-state index contributed by atoms with van der Waals surface area (Å²) in [4.78, 5) is 6.61.